The van der Waals surface area contributed by atoms with Crippen LogP contribution < -0.4 is 10.4 Å². The van der Waals surface area contributed by atoms with Crippen molar-refractivity contribution in [3.63, 3.8) is 0 Å². The number of nitrogens with one attached hydrogen (secondary N) is 1. The standard InChI is InChI=1S/C19H24N2O/c1-19(22)15-9-8-14-18(19)20-21(16-10-4-2-5-11-16)17-12-6-3-7-13-17/h2-7,10-13,18,20,22H,8-9,14-15H2,1H3/t18-,19-/m1/s1. The Morgan fingerprint density at radius 3 is 2.00 bits per heavy atom. The van der Waals surface area contributed by atoms with Crippen molar-refractivity contribution in [1.29, 1.82) is 0 Å². The number of aliphatic hydroxyl groups is 1. The molecule has 0 aliphatic heterocycles. The van der Waals surface area contributed by atoms with Crippen molar-refractivity contribution >= 4 is 11.4 Å². The summed E-state index contributed by atoms with van der Waals surface area (Å²) in [5.41, 5.74) is 5.05. The Labute approximate surface area is 132 Å². The Morgan fingerprint density at radius 2 is 1.50 bits per heavy atom. The predicted octanol–water partition coefficient (Wildman–Crippen LogP) is 4.02. The minimum atomic E-state index is -0.667. The van der Waals surface area contributed by atoms with Crippen LogP contribution in [0.2, 0.25) is 0 Å². The number of hydrazine groups is 1. The quantitative estimate of drug-likeness (QED) is 0.836. The van der Waals surface area contributed by atoms with Gasteiger partial charge in [0.1, 0.15) is 0 Å². The van der Waals surface area contributed by atoms with Crippen LogP contribution >= 0.6 is 0 Å². The molecule has 1 aliphatic rings. The van der Waals surface area contributed by atoms with E-state index in [2.05, 4.69) is 34.7 Å². The van der Waals surface area contributed by atoms with Crippen molar-refractivity contribution in [2.45, 2.75) is 44.2 Å². The number of para-hydroxylation sites is 2. The third-order valence-electron chi connectivity index (χ3n) is 4.49. The minimum absolute atomic E-state index is 0.0571. The molecular weight excluding hydrogens is 272 g/mol. The molecule has 0 saturated heterocycles. The Morgan fingerprint density at radius 1 is 0.955 bits per heavy atom. The van der Waals surface area contributed by atoms with Gasteiger partial charge in [-0.15, -0.1) is 0 Å². The van der Waals surface area contributed by atoms with Crippen LogP contribution in [-0.4, -0.2) is 16.7 Å². The zero-order valence-electron chi connectivity index (χ0n) is 13.1. The molecule has 3 rings (SSSR count). The van der Waals surface area contributed by atoms with E-state index in [0.29, 0.717) is 0 Å². The highest BCUT2D eigenvalue weighted by atomic mass is 16.3. The first-order valence-corrected chi connectivity index (χ1v) is 8.05. The van der Waals surface area contributed by atoms with Crippen LogP contribution in [0.1, 0.15) is 32.6 Å². The Balaban J connectivity index is 1.89. The fourth-order valence-electron chi connectivity index (χ4n) is 3.13. The van der Waals surface area contributed by atoms with Crippen molar-refractivity contribution in [2.24, 2.45) is 0 Å². The molecule has 2 atom stereocenters. The second kappa shape index (κ2) is 6.51. The number of hydrogen-bond donors (Lipinski definition) is 2. The first kappa shape index (κ1) is 15.1. The summed E-state index contributed by atoms with van der Waals surface area (Å²) in [4.78, 5) is 0. The number of benzene rings is 2. The molecule has 0 amide bonds. The van der Waals surface area contributed by atoms with Gasteiger partial charge in [-0.2, -0.15) is 0 Å². The number of hydrogen-bond acceptors (Lipinski definition) is 3. The van der Waals surface area contributed by atoms with Gasteiger partial charge >= 0.3 is 0 Å². The Hall–Kier alpha value is -1.84. The van der Waals surface area contributed by atoms with Crippen molar-refractivity contribution in [3.05, 3.63) is 60.7 Å². The molecule has 116 valence electrons. The fraction of sp³-hybridized carbons (Fsp3) is 0.368. The second-order valence-corrected chi connectivity index (χ2v) is 6.29. The van der Waals surface area contributed by atoms with Gasteiger partial charge in [0.2, 0.25) is 0 Å². The van der Waals surface area contributed by atoms with Crippen LogP contribution in [-0.2, 0) is 0 Å². The highest BCUT2D eigenvalue weighted by molar-refractivity contribution is 5.61. The van der Waals surface area contributed by atoms with Gasteiger partial charge < -0.3 is 5.11 Å². The Bertz CT molecular complexity index is 543. The van der Waals surface area contributed by atoms with E-state index in [1.165, 1.54) is 0 Å². The van der Waals surface area contributed by atoms with E-state index < -0.39 is 5.60 Å². The molecule has 1 fully saturated rings. The highest BCUT2D eigenvalue weighted by Crippen LogP contribution is 2.31. The molecule has 0 spiro atoms. The highest BCUT2D eigenvalue weighted by Gasteiger charge is 2.35. The number of anilines is 2. The molecule has 22 heavy (non-hydrogen) atoms. The molecule has 1 saturated carbocycles. The van der Waals surface area contributed by atoms with Crippen LogP contribution in [0.3, 0.4) is 0 Å². The lowest BCUT2D eigenvalue weighted by atomic mass is 9.82. The number of rotatable bonds is 4. The maximum Gasteiger partial charge on any atom is 0.0790 e. The largest absolute Gasteiger partial charge is 0.388 e. The minimum Gasteiger partial charge on any atom is -0.388 e. The SMILES string of the molecule is C[C@@]1(O)CCCC[C@H]1NN(c1ccccc1)c1ccccc1. The molecule has 2 N–H and O–H groups in total. The summed E-state index contributed by atoms with van der Waals surface area (Å²) in [6.45, 7) is 1.94. The van der Waals surface area contributed by atoms with Gasteiger partial charge in [-0.25, -0.2) is 5.43 Å². The lowest BCUT2D eigenvalue weighted by Crippen LogP contribution is -2.55. The van der Waals surface area contributed by atoms with Gasteiger partial charge in [0, 0.05) is 0 Å². The third kappa shape index (κ3) is 3.32. The fourth-order valence-corrected chi connectivity index (χ4v) is 3.13. The summed E-state index contributed by atoms with van der Waals surface area (Å²) < 4.78 is 0. The summed E-state index contributed by atoms with van der Waals surface area (Å²) >= 11 is 0. The topological polar surface area (TPSA) is 35.5 Å². The molecule has 0 unspecified atom stereocenters. The van der Waals surface area contributed by atoms with E-state index in [4.69, 9.17) is 0 Å². The molecule has 3 heteroatoms. The molecule has 0 bridgehead atoms. The summed E-state index contributed by atoms with van der Waals surface area (Å²) in [6.07, 6.45) is 4.10. The Kier molecular flexibility index (Phi) is 4.46. The lowest BCUT2D eigenvalue weighted by molar-refractivity contribution is -0.00979. The molecule has 1 aliphatic carbocycles. The molecule has 3 nitrogen and oxygen atoms in total. The maximum atomic E-state index is 10.7. The van der Waals surface area contributed by atoms with Gasteiger partial charge in [-0.3, -0.25) is 5.01 Å². The van der Waals surface area contributed by atoms with Crippen LogP contribution in [0.5, 0.6) is 0 Å². The van der Waals surface area contributed by atoms with Crippen molar-refractivity contribution in [2.75, 3.05) is 5.01 Å². The summed E-state index contributed by atoms with van der Waals surface area (Å²) in [5.74, 6) is 0. The van der Waals surface area contributed by atoms with Crippen LogP contribution in [0.15, 0.2) is 60.7 Å². The van der Waals surface area contributed by atoms with Crippen LogP contribution in [0, 0.1) is 0 Å². The van der Waals surface area contributed by atoms with E-state index >= 15 is 0 Å². The second-order valence-electron chi connectivity index (χ2n) is 6.29. The van der Waals surface area contributed by atoms with Crippen molar-refractivity contribution in [3.8, 4) is 0 Å². The lowest BCUT2D eigenvalue weighted by Gasteiger charge is -2.41. The smallest absolute Gasteiger partial charge is 0.0790 e. The van der Waals surface area contributed by atoms with Gasteiger partial charge in [-0.1, -0.05) is 49.2 Å². The average molecular weight is 296 g/mol. The monoisotopic (exact) mass is 296 g/mol. The molecule has 2 aromatic rings. The van der Waals surface area contributed by atoms with Crippen molar-refractivity contribution < 1.29 is 5.11 Å². The normalized spacial score (nSPS) is 24.9. The zero-order chi connectivity index (χ0) is 15.4. The third-order valence-corrected chi connectivity index (χ3v) is 4.49. The van der Waals surface area contributed by atoms with Gasteiger partial charge in [0.05, 0.1) is 23.0 Å². The van der Waals surface area contributed by atoms with E-state index in [1.54, 1.807) is 0 Å². The maximum absolute atomic E-state index is 10.7. The van der Waals surface area contributed by atoms with E-state index in [-0.39, 0.29) is 6.04 Å². The summed E-state index contributed by atoms with van der Waals surface area (Å²) in [5, 5.41) is 12.8. The van der Waals surface area contributed by atoms with Gasteiger partial charge in [0.25, 0.3) is 0 Å². The molecule has 0 radical (unpaired) electrons. The van der Waals surface area contributed by atoms with Crippen LogP contribution in [0.4, 0.5) is 11.4 Å². The van der Waals surface area contributed by atoms with E-state index in [1.807, 2.05) is 43.3 Å². The average Bonchev–Trinajstić information content (AvgIpc) is 2.55. The van der Waals surface area contributed by atoms with E-state index in [0.717, 1.165) is 37.1 Å². The summed E-state index contributed by atoms with van der Waals surface area (Å²) in [6, 6.07) is 20.6. The summed E-state index contributed by atoms with van der Waals surface area (Å²) in [7, 11) is 0. The van der Waals surface area contributed by atoms with Gasteiger partial charge in [0.15, 0.2) is 0 Å². The molecule has 0 aromatic heterocycles. The van der Waals surface area contributed by atoms with Crippen molar-refractivity contribution in [1.82, 2.24) is 5.43 Å². The predicted molar refractivity (Wildman–Crippen MR) is 91.0 cm³/mol. The molecular formula is C19H24N2O. The first-order valence-electron chi connectivity index (χ1n) is 8.05. The van der Waals surface area contributed by atoms with Gasteiger partial charge in [-0.05, 0) is 44.0 Å². The zero-order valence-corrected chi connectivity index (χ0v) is 13.1. The molecule has 0 heterocycles. The van der Waals surface area contributed by atoms with E-state index in [9.17, 15) is 5.11 Å². The van der Waals surface area contributed by atoms with Crippen LogP contribution in [0.25, 0.3) is 0 Å². The first-order chi connectivity index (χ1) is 10.7. The molecule has 2 aromatic carbocycles. The number of nitrogens with zero attached hydrogens (tertiary/aromatic N) is 1.